The van der Waals surface area contributed by atoms with Crippen LogP contribution in [0.3, 0.4) is 0 Å². The van der Waals surface area contributed by atoms with E-state index in [1.165, 1.54) is 193 Å². The first-order valence-electron chi connectivity index (χ1n) is 30.6. The predicted molar refractivity (Wildman–Crippen MR) is 324 cm³/mol. The van der Waals surface area contributed by atoms with Gasteiger partial charge in [0.15, 0.2) is 8.32 Å². The topological polar surface area (TPSA) is 84.8 Å². The highest BCUT2D eigenvalue weighted by atomic mass is 35.5. The second kappa shape index (κ2) is 48.5. The van der Waals surface area contributed by atoms with E-state index < -0.39 is 8.32 Å². The largest absolute Gasteiger partial charge is 0.495 e. The Kier molecular flexibility index (Phi) is 46.3. The molecular formula is C64H116Cl2O8Si. The van der Waals surface area contributed by atoms with Crippen molar-refractivity contribution in [1.29, 1.82) is 0 Å². The van der Waals surface area contributed by atoms with E-state index in [2.05, 4.69) is 47.7 Å². The zero-order valence-electron chi connectivity index (χ0n) is 50.0. The van der Waals surface area contributed by atoms with Gasteiger partial charge in [0.05, 0.1) is 63.9 Å². The molecule has 0 fully saturated rings. The van der Waals surface area contributed by atoms with Crippen LogP contribution in [0.1, 0.15) is 251 Å². The number of halogens is 2. The number of benzene rings is 2. The molecule has 0 heterocycles. The van der Waals surface area contributed by atoms with Gasteiger partial charge in [0.1, 0.15) is 23.7 Å². The molecule has 2 aromatic rings. The summed E-state index contributed by atoms with van der Waals surface area (Å²) in [4.78, 5) is 0. The first kappa shape index (κ1) is 71.6. The molecule has 0 aliphatic rings. The monoisotopic (exact) mass is 1110 g/mol. The number of methoxy groups -OCH3 is 2. The van der Waals surface area contributed by atoms with Crippen LogP contribution in [0.15, 0.2) is 36.4 Å². The summed E-state index contributed by atoms with van der Waals surface area (Å²) in [5.74, 6) is 1.32. The molecule has 438 valence electrons. The van der Waals surface area contributed by atoms with Gasteiger partial charge in [0.2, 0.25) is 0 Å². The Morgan fingerprint density at radius 1 is 0.453 bits per heavy atom. The summed E-state index contributed by atoms with van der Waals surface area (Å²) < 4.78 is 40.7. The Balaban J connectivity index is 0.000000763. The summed E-state index contributed by atoms with van der Waals surface area (Å²) in [7, 11) is 1.36. The van der Waals surface area contributed by atoms with E-state index in [1.54, 1.807) is 14.2 Å². The predicted octanol–water partition coefficient (Wildman–Crippen LogP) is 20.0. The molecule has 0 unspecified atom stereocenters. The van der Waals surface area contributed by atoms with Gasteiger partial charge in [-0.25, -0.2) is 0 Å². The first-order valence-corrected chi connectivity index (χ1v) is 34.3. The fraction of sp³-hybridized carbons (Fsp3) is 0.812. The van der Waals surface area contributed by atoms with Crippen LogP contribution in [-0.4, -0.2) is 79.5 Å². The maximum absolute atomic E-state index is 9.53. The average Bonchev–Trinajstić information content (AvgIpc) is 3.39. The summed E-state index contributed by atoms with van der Waals surface area (Å²) in [6.45, 7) is 19.8. The molecule has 0 spiro atoms. The molecule has 8 nitrogen and oxygen atoms in total. The Morgan fingerprint density at radius 3 is 1.05 bits per heavy atom. The summed E-state index contributed by atoms with van der Waals surface area (Å²) in [6, 6.07) is 11.3. The number of hydrogen-bond donors (Lipinski definition) is 1. The van der Waals surface area contributed by atoms with Crippen LogP contribution < -0.4 is 9.47 Å². The average molecular weight is 1110 g/mol. The fourth-order valence-corrected chi connectivity index (χ4v) is 10.4. The van der Waals surface area contributed by atoms with E-state index in [0.29, 0.717) is 54.6 Å². The molecular weight excluding hydrogens is 996 g/mol. The van der Waals surface area contributed by atoms with Crippen LogP contribution in [0.4, 0.5) is 0 Å². The first-order chi connectivity index (χ1) is 36.3. The molecule has 2 aromatic carbocycles. The van der Waals surface area contributed by atoms with Crippen LogP contribution in [0, 0.1) is 0 Å². The lowest BCUT2D eigenvalue weighted by Gasteiger charge is -2.37. The third kappa shape index (κ3) is 39.6. The molecule has 0 amide bonds. The lowest BCUT2D eigenvalue weighted by Crippen LogP contribution is -2.43. The third-order valence-corrected chi connectivity index (χ3v) is 20.0. The number of hydrogen-bond acceptors (Lipinski definition) is 8. The molecule has 11 heteroatoms. The van der Waals surface area contributed by atoms with Gasteiger partial charge in [-0.15, -0.1) is 0 Å². The van der Waals surface area contributed by atoms with Gasteiger partial charge in [-0.2, -0.15) is 0 Å². The Bertz CT molecular complexity index is 1570. The summed E-state index contributed by atoms with van der Waals surface area (Å²) in [5.41, 5.74) is 1.97. The van der Waals surface area contributed by atoms with Crippen LogP contribution >= 0.6 is 23.2 Å². The Morgan fingerprint density at radius 2 is 0.760 bits per heavy atom. The van der Waals surface area contributed by atoms with Crippen molar-refractivity contribution in [3.05, 3.63) is 57.6 Å². The SMILES string of the molecule is CCCCCCCCCCCCCCCCCCOC[C@H](CO)OCc1ccc(OC)c(Cl)c1.CCCCCCCCCCCCCCCCCCOC[C@H](CO[Si](C)(C)C(C)(C)C)OCc1ccc(OC)c(Cl)c1. The van der Waals surface area contributed by atoms with E-state index in [-0.39, 0.29) is 23.9 Å². The van der Waals surface area contributed by atoms with Crippen molar-refractivity contribution in [3.63, 3.8) is 0 Å². The molecule has 0 saturated carbocycles. The van der Waals surface area contributed by atoms with Crippen molar-refractivity contribution in [2.24, 2.45) is 0 Å². The lowest BCUT2D eigenvalue weighted by molar-refractivity contribution is -0.0502. The normalized spacial score (nSPS) is 12.7. The zero-order chi connectivity index (χ0) is 55.1. The second-order valence-electron chi connectivity index (χ2n) is 22.8. The van der Waals surface area contributed by atoms with E-state index in [4.69, 9.17) is 56.0 Å². The van der Waals surface area contributed by atoms with Crippen molar-refractivity contribution in [2.75, 3.05) is 53.9 Å². The van der Waals surface area contributed by atoms with Gasteiger partial charge in [-0.1, -0.05) is 263 Å². The number of aliphatic hydroxyl groups excluding tert-OH is 1. The van der Waals surface area contributed by atoms with Gasteiger partial charge in [-0.05, 0) is 66.4 Å². The van der Waals surface area contributed by atoms with Crippen molar-refractivity contribution < 1.29 is 38.0 Å². The van der Waals surface area contributed by atoms with E-state index in [1.807, 2.05) is 36.4 Å². The smallest absolute Gasteiger partial charge is 0.192 e. The highest BCUT2D eigenvalue weighted by molar-refractivity contribution is 6.74. The van der Waals surface area contributed by atoms with Crippen LogP contribution in [0.25, 0.3) is 0 Å². The maximum atomic E-state index is 9.53. The number of ether oxygens (including phenoxy) is 6. The van der Waals surface area contributed by atoms with E-state index in [9.17, 15) is 5.11 Å². The minimum atomic E-state index is -1.86. The standard InChI is InChI=1S/C35H65ClO4Si.C29H51ClO4/c1-8-9-10-11-12-13-14-15-16-17-18-19-20-21-22-23-26-38-29-32(30-40-41(6,7)35(2,3)4)39-28-31-24-25-34(37-5)33(36)27-31;1-3-4-5-6-7-8-9-10-11-12-13-14-15-16-17-18-21-33-25-27(23-31)34-24-26-19-20-29(32-2)28(30)22-26/h24-25,27,32H,8-23,26,28-30H2,1-7H3;19-20,22,27,31H,3-18,21,23-25H2,1-2H3/t32-;27-/m10/s1. The van der Waals surface area contributed by atoms with Gasteiger partial charge in [0.25, 0.3) is 0 Å². The van der Waals surface area contributed by atoms with Crippen molar-refractivity contribution in [1.82, 2.24) is 0 Å². The molecule has 0 bridgehead atoms. The minimum absolute atomic E-state index is 0.0527. The zero-order valence-corrected chi connectivity index (χ0v) is 52.5. The highest BCUT2D eigenvalue weighted by Crippen LogP contribution is 2.37. The molecule has 2 atom stereocenters. The van der Waals surface area contributed by atoms with Crippen LogP contribution in [-0.2, 0) is 36.6 Å². The molecule has 0 aliphatic carbocycles. The molecule has 75 heavy (non-hydrogen) atoms. The quantitative estimate of drug-likeness (QED) is 0.0518. The van der Waals surface area contributed by atoms with E-state index >= 15 is 0 Å². The van der Waals surface area contributed by atoms with Gasteiger partial charge in [0, 0.05) is 13.2 Å². The van der Waals surface area contributed by atoms with Crippen LogP contribution in [0.2, 0.25) is 28.2 Å². The number of unbranched alkanes of at least 4 members (excludes halogenated alkanes) is 30. The molecule has 1 N–H and O–H groups in total. The second-order valence-corrected chi connectivity index (χ2v) is 28.4. The van der Waals surface area contributed by atoms with Gasteiger partial charge >= 0.3 is 0 Å². The third-order valence-electron chi connectivity index (χ3n) is 14.9. The lowest BCUT2D eigenvalue weighted by atomic mass is 10.0. The minimum Gasteiger partial charge on any atom is -0.495 e. The highest BCUT2D eigenvalue weighted by Gasteiger charge is 2.37. The van der Waals surface area contributed by atoms with Gasteiger partial charge in [-0.3, -0.25) is 0 Å². The molecule has 0 aliphatic heterocycles. The molecule has 0 saturated heterocycles. The van der Waals surface area contributed by atoms with Crippen molar-refractivity contribution >= 4 is 31.5 Å². The fourth-order valence-electron chi connectivity index (χ4n) is 8.78. The van der Waals surface area contributed by atoms with Crippen molar-refractivity contribution in [3.8, 4) is 11.5 Å². The van der Waals surface area contributed by atoms with E-state index in [0.717, 1.165) is 37.2 Å². The summed E-state index contributed by atoms with van der Waals surface area (Å²) in [5, 5.41) is 10.9. The number of rotatable bonds is 50. The molecule has 0 radical (unpaired) electrons. The van der Waals surface area contributed by atoms with Crippen LogP contribution in [0.5, 0.6) is 11.5 Å². The Labute approximate surface area is 473 Å². The van der Waals surface area contributed by atoms with Gasteiger partial charge < -0.3 is 38.0 Å². The molecule has 0 aromatic heterocycles. The number of aliphatic hydroxyl groups is 1. The Hall–Kier alpha value is -1.40. The summed E-state index contributed by atoms with van der Waals surface area (Å²) in [6.07, 6.45) is 43.5. The molecule has 2 rings (SSSR count). The maximum Gasteiger partial charge on any atom is 0.192 e. The summed E-state index contributed by atoms with van der Waals surface area (Å²) >= 11 is 12.5. The van der Waals surface area contributed by atoms with Crippen molar-refractivity contribution in [2.45, 2.75) is 284 Å².